The van der Waals surface area contributed by atoms with E-state index >= 15 is 0 Å². The van der Waals surface area contributed by atoms with Crippen molar-refractivity contribution >= 4 is 34.8 Å². The first kappa shape index (κ1) is 19.4. The van der Waals surface area contributed by atoms with Gasteiger partial charge in [0.2, 0.25) is 5.91 Å². The van der Waals surface area contributed by atoms with Crippen molar-refractivity contribution in [1.29, 1.82) is 0 Å². The lowest BCUT2D eigenvalue weighted by Gasteiger charge is -2.03. The number of hydrogen-bond acceptors (Lipinski definition) is 5. The van der Waals surface area contributed by atoms with Gasteiger partial charge in [-0.05, 0) is 51.2 Å². The summed E-state index contributed by atoms with van der Waals surface area (Å²) in [6.45, 7) is 3.45. The molecule has 1 amide bonds. The molecule has 0 radical (unpaired) electrons. The molecule has 2 rings (SSSR count). The third-order valence-corrected chi connectivity index (χ3v) is 3.80. The van der Waals surface area contributed by atoms with Crippen molar-refractivity contribution in [3.05, 3.63) is 29.6 Å². The molecule has 1 heterocycles. The summed E-state index contributed by atoms with van der Waals surface area (Å²) in [5.41, 5.74) is 1.87. The van der Waals surface area contributed by atoms with Crippen molar-refractivity contribution < 1.29 is 9.53 Å². The molecule has 7 heteroatoms. The van der Waals surface area contributed by atoms with Gasteiger partial charge in [0.25, 0.3) is 0 Å². The molecule has 5 nitrogen and oxygen atoms in total. The fourth-order valence-electron chi connectivity index (χ4n) is 1.96. The Bertz CT molecular complexity index is 602. The zero-order valence-corrected chi connectivity index (χ0v) is 14.9. The molecule has 0 aliphatic heterocycles. The minimum atomic E-state index is 0. The van der Waals surface area contributed by atoms with Gasteiger partial charge in [0.05, 0.1) is 12.3 Å². The van der Waals surface area contributed by atoms with Gasteiger partial charge in [-0.2, -0.15) is 0 Å². The Morgan fingerprint density at radius 1 is 1.30 bits per heavy atom. The van der Waals surface area contributed by atoms with Crippen LogP contribution in [0, 0.1) is 0 Å². The summed E-state index contributed by atoms with van der Waals surface area (Å²) < 4.78 is 5.42. The van der Waals surface area contributed by atoms with E-state index < -0.39 is 0 Å². The van der Waals surface area contributed by atoms with Crippen LogP contribution in [0.3, 0.4) is 0 Å². The molecule has 0 aliphatic carbocycles. The number of aromatic nitrogens is 1. The molecule has 0 saturated heterocycles. The van der Waals surface area contributed by atoms with Gasteiger partial charge in [-0.3, -0.25) is 4.79 Å². The number of ether oxygens (including phenoxy) is 1. The molecule has 1 aromatic heterocycles. The summed E-state index contributed by atoms with van der Waals surface area (Å²) >= 11 is 1.44. The van der Waals surface area contributed by atoms with Gasteiger partial charge >= 0.3 is 0 Å². The minimum absolute atomic E-state index is 0. The van der Waals surface area contributed by atoms with Crippen LogP contribution in [0.2, 0.25) is 0 Å². The first-order chi connectivity index (χ1) is 10.7. The van der Waals surface area contributed by atoms with Crippen LogP contribution in [0.5, 0.6) is 5.75 Å². The summed E-state index contributed by atoms with van der Waals surface area (Å²) in [7, 11) is 1.88. The lowest BCUT2D eigenvalue weighted by Crippen LogP contribution is -2.15. The number of benzene rings is 1. The molecule has 1 aromatic carbocycles. The standard InChI is InChI=1S/C16H21N3O2S.ClH/c1-3-21-13-8-6-12(7-9-13)14-11-22-16(18-14)19-15(20)5-4-10-17-2;/h6-9,11,17H,3-5,10H2,1-2H3,(H,18,19,20);1H. The maximum Gasteiger partial charge on any atom is 0.226 e. The highest BCUT2D eigenvalue weighted by Crippen LogP contribution is 2.26. The first-order valence-electron chi connectivity index (χ1n) is 7.36. The number of carbonyl (C=O) groups is 1. The third kappa shape index (κ3) is 6.17. The first-order valence-corrected chi connectivity index (χ1v) is 8.24. The van der Waals surface area contributed by atoms with E-state index in [1.165, 1.54) is 11.3 Å². The zero-order chi connectivity index (χ0) is 15.8. The summed E-state index contributed by atoms with van der Waals surface area (Å²) in [6, 6.07) is 7.79. The van der Waals surface area contributed by atoms with Crippen molar-refractivity contribution in [2.75, 3.05) is 25.5 Å². The van der Waals surface area contributed by atoms with Gasteiger partial charge in [0, 0.05) is 17.4 Å². The fourth-order valence-corrected chi connectivity index (χ4v) is 2.70. The van der Waals surface area contributed by atoms with Crippen molar-refractivity contribution in [2.24, 2.45) is 0 Å². The van der Waals surface area contributed by atoms with E-state index in [4.69, 9.17) is 4.74 Å². The second-order valence-electron chi connectivity index (χ2n) is 4.75. The summed E-state index contributed by atoms with van der Waals surface area (Å²) in [5.74, 6) is 0.849. The van der Waals surface area contributed by atoms with Gasteiger partial charge in [0.1, 0.15) is 5.75 Å². The lowest BCUT2D eigenvalue weighted by molar-refractivity contribution is -0.116. The number of thiazole rings is 1. The van der Waals surface area contributed by atoms with Crippen LogP contribution in [0.15, 0.2) is 29.6 Å². The summed E-state index contributed by atoms with van der Waals surface area (Å²) in [4.78, 5) is 16.2. The average Bonchev–Trinajstić information content (AvgIpc) is 2.97. The number of rotatable bonds is 8. The Morgan fingerprint density at radius 2 is 2.04 bits per heavy atom. The maximum absolute atomic E-state index is 11.8. The van der Waals surface area contributed by atoms with E-state index in [0.29, 0.717) is 18.2 Å². The molecule has 0 atom stereocenters. The van der Waals surface area contributed by atoms with E-state index in [2.05, 4.69) is 15.6 Å². The number of amides is 1. The second kappa shape index (κ2) is 10.2. The molecular weight excluding hydrogens is 334 g/mol. The molecule has 0 aliphatic rings. The van der Waals surface area contributed by atoms with Crippen LogP contribution < -0.4 is 15.4 Å². The Balaban J connectivity index is 0.00000264. The van der Waals surface area contributed by atoms with Crippen LogP contribution in [0.25, 0.3) is 11.3 Å². The highest BCUT2D eigenvalue weighted by Gasteiger charge is 2.08. The molecule has 0 bridgehead atoms. The van der Waals surface area contributed by atoms with Gasteiger partial charge in [0.15, 0.2) is 5.13 Å². The zero-order valence-electron chi connectivity index (χ0n) is 13.3. The smallest absolute Gasteiger partial charge is 0.226 e. The van der Waals surface area contributed by atoms with E-state index in [9.17, 15) is 4.79 Å². The van der Waals surface area contributed by atoms with Crippen molar-refractivity contribution in [3.8, 4) is 17.0 Å². The fraction of sp³-hybridized carbons (Fsp3) is 0.375. The predicted molar refractivity (Wildman–Crippen MR) is 97.8 cm³/mol. The molecule has 0 unspecified atom stereocenters. The number of carbonyl (C=O) groups excluding carboxylic acids is 1. The average molecular weight is 356 g/mol. The Morgan fingerprint density at radius 3 is 2.70 bits per heavy atom. The number of hydrogen-bond donors (Lipinski definition) is 2. The maximum atomic E-state index is 11.8. The van der Waals surface area contributed by atoms with E-state index in [-0.39, 0.29) is 18.3 Å². The number of anilines is 1. The van der Waals surface area contributed by atoms with E-state index in [1.807, 2.05) is 43.6 Å². The van der Waals surface area contributed by atoms with Gasteiger partial charge in [-0.25, -0.2) is 4.98 Å². The van der Waals surface area contributed by atoms with Crippen LogP contribution in [0.1, 0.15) is 19.8 Å². The number of nitrogens with one attached hydrogen (secondary N) is 2. The van der Waals surface area contributed by atoms with Crippen LogP contribution in [-0.2, 0) is 4.79 Å². The van der Waals surface area contributed by atoms with Crippen LogP contribution >= 0.6 is 23.7 Å². The molecule has 0 saturated carbocycles. The molecular formula is C16H22ClN3O2S. The van der Waals surface area contributed by atoms with Gasteiger partial charge in [-0.15, -0.1) is 23.7 Å². The Kier molecular flexibility index (Phi) is 8.61. The lowest BCUT2D eigenvalue weighted by atomic mass is 10.2. The van der Waals surface area contributed by atoms with Crippen molar-refractivity contribution in [3.63, 3.8) is 0 Å². The molecule has 2 N–H and O–H groups in total. The van der Waals surface area contributed by atoms with E-state index in [0.717, 1.165) is 30.0 Å². The monoisotopic (exact) mass is 355 g/mol. The molecule has 0 spiro atoms. The summed E-state index contributed by atoms with van der Waals surface area (Å²) in [5, 5.41) is 8.44. The highest BCUT2D eigenvalue weighted by atomic mass is 35.5. The normalized spacial score (nSPS) is 10.0. The van der Waals surface area contributed by atoms with Crippen LogP contribution in [-0.4, -0.2) is 31.1 Å². The van der Waals surface area contributed by atoms with E-state index in [1.54, 1.807) is 0 Å². The van der Waals surface area contributed by atoms with Crippen LogP contribution in [0.4, 0.5) is 5.13 Å². The quantitative estimate of drug-likeness (QED) is 0.710. The van der Waals surface area contributed by atoms with Crippen molar-refractivity contribution in [1.82, 2.24) is 10.3 Å². The van der Waals surface area contributed by atoms with Gasteiger partial charge in [-0.1, -0.05) is 0 Å². The molecule has 2 aromatic rings. The summed E-state index contributed by atoms with van der Waals surface area (Å²) in [6.07, 6.45) is 1.32. The Labute approximate surface area is 146 Å². The van der Waals surface area contributed by atoms with Crippen molar-refractivity contribution in [2.45, 2.75) is 19.8 Å². The number of nitrogens with zero attached hydrogens (tertiary/aromatic N) is 1. The third-order valence-electron chi connectivity index (χ3n) is 3.04. The topological polar surface area (TPSA) is 63.2 Å². The predicted octanol–water partition coefficient (Wildman–Crippen LogP) is 3.57. The minimum Gasteiger partial charge on any atom is -0.494 e. The van der Waals surface area contributed by atoms with Gasteiger partial charge < -0.3 is 15.4 Å². The number of halogens is 1. The highest BCUT2D eigenvalue weighted by molar-refractivity contribution is 7.14. The molecule has 0 fully saturated rings. The SMILES string of the molecule is CCOc1ccc(-c2csc(NC(=O)CCCNC)n2)cc1.Cl. The Hall–Kier alpha value is -1.63. The second-order valence-corrected chi connectivity index (χ2v) is 5.61. The molecule has 23 heavy (non-hydrogen) atoms. The molecule has 126 valence electrons. The largest absolute Gasteiger partial charge is 0.494 e.